The van der Waals surface area contributed by atoms with Crippen LogP contribution in [-0.2, 0) is 10.0 Å². The van der Waals surface area contributed by atoms with Crippen LogP contribution in [0.25, 0.3) is 16.9 Å². The number of hydrogen-bond acceptors (Lipinski definition) is 3. The van der Waals surface area contributed by atoms with E-state index >= 15 is 0 Å². The summed E-state index contributed by atoms with van der Waals surface area (Å²) >= 11 is 0. The Morgan fingerprint density at radius 3 is 2.38 bits per heavy atom. The first-order valence-electron chi connectivity index (χ1n) is 7.53. The molecule has 120 valence electrons. The lowest BCUT2D eigenvalue weighted by Gasteiger charge is -2.06. The molecule has 0 radical (unpaired) electrons. The molecule has 1 N–H and O–H groups in total. The minimum Gasteiger partial charge on any atom is -0.464 e. The topological polar surface area (TPSA) is 59.3 Å². The SMILES string of the molecule is Cc1ccc(S(=O)(=O)NC=C2c3ccccc3-c3occc32)cc1. The maximum Gasteiger partial charge on any atom is 0.261 e. The quantitative estimate of drug-likeness (QED) is 0.616. The van der Waals surface area contributed by atoms with Gasteiger partial charge in [0.2, 0.25) is 0 Å². The van der Waals surface area contributed by atoms with Gasteiger partial charge in [0.05, 0.1) is 11.2 Å². The van der Waals surface area contributed by atoms with Crippen LogP contribution in [-0.4, -0.2) is 8.42 Å². The summed E-state index contributed by atoms with van der Waals surface area (Å²) in [5, 5.41) is 0. The molecule has 5 heteroatoms. The Morgan fingerprint density at radius 2 is 1.62 bits per heavy atom. The van der Waals surface area contributed by atoms with E-state index in [0.29, 0.717) is 0 Å². The third kappa shape index (κ3) is 2.34. The average molecular weight is 337 g/mol. The van der Waals surface area contributed by atoms with Gasteiger partial charge in [0.25, 0.3) is 10.0 Å². The zero-order valence-electron chi connectivity index (χ0n) is 13.0. The van der Waals surface area contributed by atoms with Gasteiger partial charge in [0.15, 0.2) is 0 Å². The van der Waals surface area contributed by atoms with E-state index in [4.69, 9.17) is 4.42 Å². The third-order valence-corrected chi connectivity index (χ3v) is 5.43. The second-order valence-corrected chi connectivity index (χ2v) is 7.42. The number of rotatable bonds is 3. The molecule has 0 amide bonds. The fraction of sp³-hybridized carbons (Fsp3) is 0.0526. The summed E-state index contributed by atoms with van der Waals surface area (Å²) in [4.78, 5) is 0.239. The van der Waals surface area contributed by atoms with Gasteiger partial charge in [-0.25, -0.2) is 8.42 Å². The normalized spacial score (nSPS) is 14.5. The fourth-order valence-corrected chi connectivity index (χ4v) is 3.77. The van der Waals surface area contributed by atoms with Crippen LogP contribution in [0.5, 0.6) is 0 Å². The molecule has 0 atom stereocenters. The highest BCUT2D eigenvalue weighted by Crippen LogP contribution is 2.44. The minimum atomic E-state index is -3.61. The summed E-state index contributed by atoms with van der Waals surface area (Å²) in [5.41, 5.74) is 4.64. The molecular weight excluding hydrogens is 322 g/mol. The Morgan fingerprint density at radius 1 is 0.917 bits per heavy atom. The molecule has 0 saturated heterocycles. The zero-order chi connectivity index (χ0) is 16.7. The van der Waals surface area contributed by atoms with E-state index in [1.165, 1.54) is 6.20 Å². The Kier molecular flexibility index (Phi) is 3.32. The highest BCUT2D eigenvalue weighted by Gasteiger charge is 2.26. The van der Waals surface area contributed by atoms with E-state index in [1.807, 2.05) is 37.3 Å². The van der Waals surface area contributed by atoms with Gasteiger partial charge in [0.1, 0.15) is 5.76 Å². The van der Waals surface area contributed by atoms with Gasteiger partial charge in [-0.15, -0.1) is 0 Å². The Bertz CT molecular complexity index is 1040. The molecule has 1 aliphatic carbocycles. The van der Waals surface area contributed by atoms with Crippen LogP contribution in [0.4, 0.5) is 0 Å². The van der Waals surface area contributed by atoms with E-state index in [9.17, 15) is 8.42 Å². The highest BCUT2D eigenvalue weighted by molar-refractivity contribution is 7.89. The molecule has 4 nitrogen and oxygen atoms in total. The molecule has 0 saturated carbocycles. The summed E-state index contributed by atoms with van der Waals surface area (Å²) in [6.45, 7) is 1.92. The van der Waals surface area contributed by atoms with Crippen molar-refractivity contribution in [2.24, 2.45) is 0 Å². The van der Waals surface area contributed by atoms with Gasteiger partial charge in [-0.3, -0.25) is 4.72 Å². The van der Waals surface area contributed by atoms with E-state index in [0.717, 1.165) is 33.6 Å². The minimum absolute atomic E-state index is 0.239. The first-order chi connectivity index (χ1) is 11.6. The molecule has 0 bridgehead atoms. The van der Waals surface area contributed by atoms with Crippen molar-refractivity contribution in [2.45, 2.75) is 11.8 Å². The van der Waals surface area contributed by atoms with Gasteiger partial charge >= 0.3 is 0 Å². The van der Waals surface area contributed by atoms with Crippen molar-refractivity contribution in [3.8, 4) is 11.3 Å². The largest absolute Gasteiger partial charge is 0.464 e. The predicted molar refractivity (Wildman–Crippen MR) is 92.7 cm³/mol. The number of nitrogens with one attached hydrogen (secondary N) is 1. The highest BCUT2D eigenvalue weighted by atomic mass is 32.2. The third-order valence-electron chi connectivity index (χ3n) is 4.11. The summed E-state index contributed by atoms with van der Waals surface area (Å²) in [7, 11) is -3.61. The maximum absolute atomic E-state index is 12.5. The summed E-state index contributed by atoms with van der Waals surface area (Å²) in [6, 6.07) is 16.4. The number of aryl methyl sites for hydroxylation is 1. The predicted octanol–water partition coefficient (Wildman–Crippen LogP) is 3.94. The fourth-order valence-electron chi connectivity index (χ4n) is 2.87. The number of furan rings is 1. The van der Waals surface area contributed by atoms with Crippen molar-refractivity contribution >= 4 is 15.6 Å². The van der Waals surface area contributed by atoms with Gasteiger partial charge in [-0.1, -0.05) is 42.0 Å². The standard InChI is InChI=1S/C19H15NO3S/c1-13-6-8-14(9-7-13)24(21,22)20-12-18-15-4-2-3-5-16(15)19-17(18)10-11-23-19/h2-12,20H,1H3. The van der Waals surface area contributed by atoms with Crippen molar-refractivity contribution in [3.05, 3.63) is 83.8 Å². The van der Waals surface area contributed by atoms with Crippen LogP contribution in [0.2, 0.25) is 0 Å². The number of sulfonamides is 1. The van der Waals surface area contributed by atoms with Gasteiger partial charge < -0.3 is 4.42 Å². The second kappa shape index (κ2) is 5.39. The molecule has 0 spiro atoms. The van der Waals surface area contributed by atoms with Crippen LogP contribution in [0.1, 0.15) is 16.7 Å². The molecule has 3 aromatic rings. The second-order valence-electron chi connectivity index (χ2n) is 5.70. The number of benzene rings is 2. The average Bonchev–Trinajstić information content (AvgIpc) is 3.15. The molecule has 4 rings (SSSR count). The Labute approximate surface area is 140 Å². The van der Waals surface area contributed by atoms with Crippen LogP contribution in [0, 0.1) is 6.92 Å². The van der Waals surface area contributed by atoms with Gasteiger partial charge in [-0.05, 0) is 30.7 Å². The molecular formula is C19H15NO3S. The molecule has 1 heterocycles. The summed E-state index contributed by atoms with van der Waals surface area (Å²) < 4.78 is 33.1. The van der Waals surface area contributed by atoms with E-state index in [1.54, 1.807) is 30.5 Å². The first-order valence-corrected chi connectivity index (χ1v) is 9.01. The summed E-state index contributed by atoms with van der Waals surface area (Å²) in [6.07, 6.45) is 3.15. The molecule has 1 aliphatic rings. The van der Waals surface area contributed by atoms with E-state index in [-0.39, 0.29) is 4.90 Å². The van der Waals surface area contributed by atoms with Gasteiger partial charge in [0, 0.05) is 22.9 Å². The van der Waals surface area contributed by atoms with Crippen molar-refractivity contribution in [3.63, 3.8) is 0 Å². The lowest BCUT2D eigenvalue weighted by atomic mass is 10.1. The van der Waals surface area contributed by atoms with Crippen LogP contribution >= 0.6 is 0 Å². The van der Waals surface area contributed by atoms with Crippen molar-refractivity contribution in [1.82, 2.24) is 4.72 Å². The molecule has 0 unspecified atom stereocenters. The number of hydrogen-bond donors (Lipinski definition) is 1. The lowest BCUT2D eigenvalue weighted by molar-refractivity contribution is 0.582. The smallest absolute Gasteiger partial charge is 0.261 e. The molecule has 0 fully saturated rings. The maximum atomic E-state index is 12.5. The van der Waals surface area contributed by atoms with Crippen molar-refractivity contribution in [2.75, 3.05) is 0 Å². The van der Waals surface area contributed by atoms with Gasteiger partial charge in [-0.2, -0.15) is 0 Å². The van der Waals surface area contributed by atoms with Crippen molar-refractivity contribution < 1.29 is 12.8 Å². The summed E-state index contributed by atoms with van der Waals surface area (Å²) in [5.74, 6) is 0.770. The van der Waals surface area contributed by atoms with E-state index < -0.39 is 10.0 Å². The molecule has 2 aromatic carbocycles. The monoisotopic (exact) mass is 337 g/mol. The van der Waals surface area contributed by atoms with Crippen LogP contribution in [0.3, 0.4) is 0 Å². The lowest BCUT2D eigenvalue weighted by Crippen LogP contribution is -2.18. The molecule has 0 aliphatic heterocycles. The number of fused-ring (bicyclic) bond motifs is 3. The zero-order valence-corrected chi connectivity index (χ0v) is 13.8. The Hall–Kier alpha value is -2.79. The van der Waals surface area contributed by atoms with Crippen LogP contribution in [0.15, 0.2) is 76.4 Å². The van der Waals surface area contributed by atoms with E-state index in [2.05, 4.69) is 4.72 Å². The molecule has 1 aromatic heterocycles. The molecule has 24 heavy (non-hydrogen) atoms. The van der Waals surface area contributed by atoms with Crippen LogP contribution < -0.4 is 4.72 Å². The Balaban J connectivity index is 1.73. The van der Waals surface area contributed by atoms with Crippen molar-refractivity contribution in [1.29, 1.82) is 0 Å². The first kappa shape index (κ1) is 14.8.